The second kappa shape index (κ2) is 13.9. The Morgan fingerprint density at radius 2 is 1.60 bits per heavy atom. The van der Waals surface area contributed by atoms with Gasteiger partial charge in [0, 0.05) is 17.6 Å². The van der Waals surface area contributed by atoms with Crippen LogP contribution in [0.3, 0.4) is 0 Å². The van der Waals surface area contributed by atoms with E-state index in [4.69, 9.17) is 0 Å². The Morgan fingerprint density at radius 3 is 2.20 bits per heavy atom. The number of rotatable bonds is 12. The van der Waals surface area contributed by atoms with E-state index in [1.807, 2.05) is 58.9 Å². The number of amides is 2. The monoisotopic (exact) mass is 627 g/mol. The second-order valence-corrected chi connectivity index (χ2v) is 13.2. The fraction of sp³-hybridized carbons (Fsp3) is 0.355. The molecule has 9 heteroatoms. The molecule has 1 N–H and O–H groups in total. The maximum absolute atomic E-state index is 14.1. The lowest BCUT2D eigenvalue weighted by atomic mass is 10.1. The highest BCUT2D eigenvalue weighted by Crippen LogP contribution is 2.27. The molecular weight excluding hydrogens is 590 g/mol. The molecule has 0 radical (unpaired) electrons. The van der Waals surface area contributed by atoms with Gasteiger partial charge < -0.3 is 10.2 Å². The molecule has 0 saturated heterocycles. The lowest BCUT2D eigenvalue weighted by Crippen LogP contribution is -2.52. The van der Waals surface area contributed by atoms with Crippen LogP contribution in [0, 0.1) is 19.8 Å². The van der Waals surface area contributed by atoms with Crippen LogP contribution in [0.15, 0.2) is 82.2 Å². The van der Waals surface area contributed by atoms with Gasteiger partial charge in [-0.25, -0.2) is 8.42 Å². The quantitative estimate of drug-likeness (QED) is 0.273. The Hall–Kier alpha value is -3.17. The van der Waals surface area contributed by atoms with Gasteiger partial charge in [-0.05, 0) is 62.1 Å². The van der Waals surface area contributed by atoms with Crippen molar-refractivity contribution in [2.45, 2.75) is 58.5 Å². The number of carbonyl (C=O) groups excluding carboxylic acids is 2. The van der Waals surface area contributed by atoms with E-state index in [0.717, 1.165) is 21.0 Å². The van der Waals surface area contributed by atoms with Crippen molar-refractivity contribution in [3.63, 3.8) is 0 Å². The average molecular weight is 629 g/mol. The molecule has 0 aliphatic carbocycles. The molecule has 0 spiro atoms. The van der Waals surface area contributed by atoms with Crippen LogP contribution >= 0.6 is 15.9 Å². The van der Waals surface area contributed by atoms with Crippen molar-refractivity contribution in [3.05, 3.63) is 94.0 Å². The molecule has 3 rings (SSSR count). The Balaban J connectivity index is 2.05. The third-order valence-electron chi connectivity index (χ3n) is 6.49. The fourth-order valence-electron chi connectivity index (χ4n) is 4.35. The highest BCUT2D eigenvalue weighted by atomic mass is 79.9. The van der Waals surface area contributed by atoms with Gasteiger partial charge in [-0.15, -0.1) is 0 Å². The highest BCUT2D eigenvalue weighted by molar-refractivity contribution is 9.10. The number of hydrogen-bond acceptors (Lipinski definition) is 4. The smallest absolute Gasteiger partial charge is 0.264 e. The average Bonchev–Trinajstić information content (AvgIpc) is 2.90. The molecule has 40 heavy (non-hydrogen) atoms. The van der Waals surface area contributed by atoms with E-state index < -0.39 is 28.5 Å². The van der Waals surface area contributed by atoms with Gasteiger partial charge in [-0.3, -0.25) is 13.9 Å². The van der Waals surface area contributed by atoms with Crippen LogP contribution in [0.1, 0.15) is 43.9 Å². The first-order valence-electron chi connectivity index (χ1n) is 13.4. The number of benzene rings is 3. The summed E-state index contributed by atoms with van der Waals surface area (Å²) in [4.78, 5) is 29.0. The highest BCUT2D eigenvalue weighted by Gasteiger charge is 2.33. The van der Waals surface area contributed by atoms with Crippen molar-refractivity contribution in [3.8, 4) is 0 Å². The van der Waals surface area contributed by atoms with Crippen LogP contribution in [0.25, 0.3) is 0 Å². The van der Waals surface area contributed by atoms with Crippen molar-refractivity contribution in [2.75, 3.05) is 17.4 Å². The molecule has 2 amide bonds. The summed E-state index contributed by atoms with van der Waals surface area (Å²) >= 11 is 3.42. The molecule has 0 bridgehead atoms. The number of sulfonamides is 1. The largest absolute Gasteiger partial charge is 0.354 e. The summed E-state index contributed by atoms with van der Waals surface area (Å²) in [5.41, 5.74) is 3.15. The Morgan fingerprint density at radius 1 is 0.925 bits per heavy atom. The van der Waals surface area contributed by atoms with Crippen LogP contribution in [-0.2, 0) is 26.2 Å². The molecule has 3 aromatic rings. The summed E-state index contributed by atoms with van der Waals surface area (Å²) in [6.45, 7) is 9.89. The molecule has 214 valence electrons. The zero-order valence-electron chi connectivity index (χ0n) is 23.7. The number of nitrogens with zero attached hydrogens (tertiary/aromatic N) is 2. The number of carbonyl (C=O) groups is 2. The van der Waals surface area contributed by atoms with Crippen molar-refractivity contribution < 1.29 is 18.0 Å². The molecule has 0 unspecified atom stereocenters. The predicted octanol–water partition coefficient (Wildman–Crippen LogP) is 5.84. The van der Waals surface area contributed by atoms with E-state index in [-0.39, 0.29) is 23.3 Å². The minimum atomic E-state index is -4.11. The number of hydrogen-bond donors (Lipinski definition) is 1. The lowest BCUT2D eigenvalue weighted by Gasteiger charge is -2.33. The van der Waals surface area contributed by atoms with E-state index >= 15 is 0 Å². The Kier molecular flexibility index (Phi) is 10.9. The SMILES string of the molecule is CC[C@@H](C(=O)NCC(C)C)N(Cc1cccc(C)c1)C(=O)CN(c1cccc(Br)c1)S(=O)(=O)c1ccc(C)cc1. The van der Waals surface area contributed by atoms with Gasteiger partial charge in [0.2, 0.25) is 11.8 Å². The second-order valence-electron chi connectivity index (χ2n) is 10.4. The number of anilines is 1. The minimum absolute atomic E-state index is 0.0813. The summed E-state index contributed by atoms with van der Waals surface area (Å²) < 4.78 is 29.7. The maximum atomic E-state index is 14.1. The summed E-state index contributed by atoms with van der Waals surface area (Å²) in [6.07, 6.45) is 0.378. The van der Waals surface area contributed by atoms with Crippen molar-refractivity contribution >= 4 is 43.5 Å². The van der Waals surface area contributed by atoms with Crippen LogP contribution < -0.4 is 9.62 Å². The minimum Gasteiger partial charge on any atom is -0.354 e. The molecule has 1 atom stereocenters. The van der Waals surface area contributed by atoms with E-state index in [2.05, 4.69) is 21.2 Å². The standard InChI is InChI=1S/C31H38BrN3O4S/c1-6-29(31(37)33-19-22(2)3)34(20-25-10-7-9-24(5)17-25)30(36)21-35(27-12-8-11-26(32)18-27)40(38,39)28-15-13-23(4)14-16-28/h7-18,22,29H,6,19-21H2,1-5H3,(H,33,37)/t29-/m0/s1. The summed E-state index contributed by atoms with van der Waals surface area (Å²) in [6, 6.07) is 20.3. The van der Waals surface area contributed by atoms with Gasteiger partial charge >= 0.3 is 0 Å². The lowest BCUT2D eigenvalue weighted by molar-refractivity contribution is -0.140. The Bertz CT molecular complexity index is 1420. The first-order valence-corrected chi connectivity index (χ1v) is 15.6. The first kappa shape index (κ1) is 31.4. The van der Waals surface area contributed by atoms with Gasteiger partial charge in [0.05, 0.1) is 10.6 Å². The Labute approximate surface area is 246 Å². The molecule has 0 saturated carbocycles. The number of nitrogens with one attached hydrogen (secondary N) is 1. The molecule has 0 aromatic heterocycles. The zero-order chi connectivity index (χ0) is 29.4. The summed E-state index contributed by atoms with van der Waals surface area (Å²) in [7, 11) is -4.11. The van der Waals surface area contributed by atoms with Crippen LogP contribution in [-0.4, -0.2) is 44.3 Å². The van der Waals surface area contributed by atoms with Crippen LogP contribution in [0.2, 0.25) is 0 Å². The van der Waals surface area contributed by atoms with E-state index in [9.17, 15) is 18.0 Å². The third-order valence-corrected chi connectivity index (χ3v) is 8.77. The summed E-state index contributed by atoms with van der Waals surface area (Å²) in [5.74, 6) is -0.481. The molecular formula is C31H38BrN3O4S. The fourth-order valence-corrected chi connectivity index (χ4v) is 6.14. The van der Waals surface area contributed by atoms with Crippen molar-refractivity contribution in [1.29, 1.82) is 0 Å². The van der Waals surface area contributed by atoms with E-state index in [0.29, 0.717) is 23.1 Å². The molecule has 0 fully saturated rings. The molecule has 0 heterocycles. The first-order chi connectivity index (χ1) is 18.9. The van der Waals surface area contributed by atoms with Gasteiger partial charge in [0.25, 0.3) is 10.0 Å². The third kappa shape index (κ3) is 8.17. The number of halogens is 1. The normalized spacial score (nSPS) is 12.2. The van der Waals surface area contributed by atoms with Crippen LogP contribution in [0.4, 0.5) is 5.69 Å². The zero-order valence-corrected chi connectivity index (χ0v) is 26.1. The summed E-state index contributed by atoms with van der Waals surface area (Å²) in [5, 5.41) is 2.95. The van der Waals surface area contributed by atoms with Crippen molar-refractivity contribution in [1.82, 2.24) is 10.2 Å². The van der Waals surface area contributed by atoms with Gasteiger partial charge in [0.1, 0.15) is 12.6 Å². The van der Waals surface area contributed by atoms with Crippen LogP contribution in [0.5, 0.6) is 0 Å². The van der Waals surface area contributed by atoms with Gasteiger partial charge in [-0.1, -0.05) is 90.3 Å². The van der Waals surface area contributed by atoms with Crippen molar-refractivity contribution in [2.24, 2.45) is 5.92 Å². The molecule has 3 aromatic carbocycles. The molecule has 7 nitrogen and oxygen atoms in total. The molecule has 0 aliphatic rings. The topological polar surface area (TPSA) is 86.8 Å². The van der Waals surface area contributed by atoms with E-state index in [1.54, 1.807) is 48.5 Å². The van der Waals surface area contributed by atoms with Gasteiger partial charge in [0.15, 0.2) is 0 Å². The molecule has 0 aliphatic heterocycles. The number of aryl methyl sites for hydroxylation is 2. The van der Waals surface area contributed by atoms with E-state index in [1.165, 1.54) is 4.90 Å². The van der Waals surface area contributed by atoms with Gasteiger partial charge in [-0.2, -0.15) is 0 Å². The predicted molar refractivity (Wildman–Crippen MR) is 164 cm³/mol. The maximum Gasteiger partial charge on any atom is 0.264 e.